The van der Waals surface area contributed by atoms with E-state index in [0.717, 1.165) is 28.1 Å². The van der Waals surface area contributed by atoms with E-state index in [1.807, 2.05) is 48.7 Å². The van der Waals surface area contributed by atoms with Crippen molar-refractivity contribution in [2.24, 2.45) is 5.73 Å². The highest BCUT2D eigenvalue weighted by molar-refractivity contribution is 6.00. The van der Waals surface area contributed by atoms with Crippen LogP contribution in [0, 0.1) is 19.3 Å². The van der Waals surface area contributed by atoms with Crippen LogP contribution in [0.2, 0.25) is 0 Å². The molecule has 3 aromatic rings. The predicted octanol–water partition coefficient (Wildman–Crippen LogP) is 2.32. The standard InChI is InChI=1S/C15H15N5/c1-9-7-13(14(15(16)17)10(2)19-9)20-8-18-11-5-3-4-6-12(11)20/h3-8H,1-2H3,(H3,16,17). The lowest BCUT2D eigenvalue weighted by molar-refractivity contribution is 1.03. The molecule has 2 aromatic heterocycles. The number of fused-ring (bicyclic) bond motifs is 1. The lowest BCUT2D eigenvalue weighted by atomic mass is 10.1. The van der Waals surface area contributed by atoms with E-state index in [4.69, 9.17) is 11.1 Å². The minimum Gasteiger partial charge on any atom is -0.384 e. The molecule has 0 aliphatic rings. The highest BCUT2D eigenvalue weighted by atomic mass is 15.1. The minimum absolute atomic E-state index is 0.0165. The number of para-hydroxylation sites is 2. The molecule has 100 valence electrons. The van der Waals surface area contributed by atoms with Crippen molar-refractivity contribution in [2.45, 2.75) is 13.8 Å². The average Bonchev–Trinajstić information content (AvgIpc) is 2.80. The molecule has 0 fully saturated rings. The van der Waals surface area contributed by atoms with Crippen LogP contribution in [0.3, 0.4) is 0 Å². The molecule has 1 aromatic carbocycles. The van der Waals surface area contributed by atoms with Gasteiger partial charge in [0.15, 0.2) is 0 Å². The van der Waals surface area contributed by atoms with E-state index in [2.05, 4.69) is 9.97 Å². The quantitative estimate of drug-likeness (QED) is 0.551. The summed E-state index contributed by atoms with van der Waals surface area (Å²) in [7, 11) is 0. The summed E-state index contributed by atoms with van der Waals surface area (Å²) in [6, 6.07) is 9.80. The number of nitrogens with zero attached hydrogens (tertiary/aromatic N) is 3. The molecule has 0 spiro atoms. The van der Waals surface area contributed by atoms with Crippen molar-refractivity contribution in [3.05, 3.63) is 53.6 Å². The van der Waals surface area contributed by atoms with Crippen LogP contribution in [0.25, 0.3) is 16.7 Å². The number of imidazole rings is 1. The zero-order valence-electron chi connectivity index (χ0n) is 11.4. The van der Waals surface area contributed by atoms with Gasteiger partial charge in [-0.2, -0.15) is 0 Å². The Balaban J connectivity index is 2.37. The van der Waals surface area contributed by atoms with Crippen LogP contribution in [-0.4, -0.2) is 20.4 Å². The molecule has 3 rings (SSSR count). The largest absolute Gasteiger partial charge is 0.384 e. The van der Waals surface area contributed by atoms with E-state index < -0.39 is 0 Å². The number of hydrogen-bond donors (Lipinski definition) is 2. The highest BCUT2D eigenvalue weighted by Gasteiger charge is 2.14. The van der Waals surface area contributed by atoms with Gasteiger partial charge in [0.05, 0.1) is 28.0 Å². The van der Waals surface area contributed by atoms with E-state index >= 15 is 0 Å². The summed E-state index contributed by atoms with van der Waals surface area (Å²) in [6.45, 7) is 3.80. The number of nitrogens with one attached hydrogen (secondary N) is 1. The third-order valence-corrected chi connectivity index (χ3v) is 3.29. The molecule has 5 heteroatoms. The Morgan fingerprint density at radius 1 is 1.25 bits per heavy atom. The first kappa shape index (κ1) is 12.3. The number of benzene rings is 1. The first-order valence-electron chi connectivity index (χ1n) is 6.33. The number of amidine groups is 1. The molecule has 3 N–H and O–H groups in total. The van der Waals surface area contributed by atoms with Crippen LogP contribution in [0.4, 0.5) is 0 Å². The van der Waals surface area contributed by atoms with Gasteiger partial charge in [0.2, 0.25) is 0 Å². The second-order valence-electron chi connectivity index (χ2n) is 4.76. The number of rotatable bonds is 2. The molecule has 0 bridgehead atoms. The van der Waals surface area contributed by atoms with Gasteiger partial charge in [-0.05, 0) is 32.0 Å². The molecular formula is C15H15N5. The molecule has 5 nitrogen and oxygen atoms in total. The molecule has 0 atom stereocenters. The van der Waals surface area contributed by atoms with Gasteiger partial charge in [-0.1, -0.05) is 12.1 Å². The topological polar surface area (TPSA) is 80.6 Å². The van der Waals surface area contributed by atoms with Crippen LogP contribution in [-0.2, 0) is 0 Å². The number of nitrogen functional groups attached to an aromatic ring is 1. The summed E-state index contributed by atoms with van der Waals surface area (Å²) in [5.74, 6) is 0.0165. The van der Waals surface area contributed by atoms with E-state index in [1.165, 1.54) is 0 Å². The van der Waals surface area contributed by atoms with Crippen LogP contribution in [0.1, 0.15) is 17.0 Å². The zero-order chi connectivity index (χ0) is 14.3. The number of aryl methyl sites for hydroxylation is 2. The summed E-state index contributed by atoms with van der Waals surface area (Å²) in [5, 5.41) is 7.80. The Morgan fingerprint density at radius 2 is 2.00 bits per heavy atom. The van der Waals surface area contributed by atoms with Gasteiger partial charge in [-0.15, -0.1) is 0 Å². The maximum Gasteiger partial charge on any atom is 0.126 e. The average molecular weight is 265 g/mol. The maximum absolute atomic E-state index is 7.80. The van der Waals surface area contributed by atoms with Crippen molar-refractivity contribution in [1.82, 2.24) is 14.5 Å². The molecule has 0 saturated carbocycles. The fourth-order valence-corrected chi connectivity index (χ4v) is 2.48. The van der Waals surface area contributed by atoms with E-state index in [-0.39, 0.29) is 5.84 Å². The summed E-state index contributed by atoms with van der Waals surface area (Å²) >= 11 is 0. The lowest BCUT2D eigenvalue weighted by Gasteiger charge is -2.13. The summed E-state index contributed by atoms with van der Waals surface area (Å²) in [4.78, 5) is 8.78. The molecule has 0 saturated heterocycles. The third-order valence-electron chi connectivity index (χ3n) is 3.29. The van der Waals surface area contributed by atoms with E-state index in [1.54, 1.807) is 6.33 Å². The van der Waals surface area contributed by atoms with E-state index in [9.17, 15) is 0 Å². The fraction of sp³-hybridized carbons (Fsp3) is 0.133. The zero-order valence-corrected chi connectivity index (χ0v) is 11.4. The van der Waals surface area contributed by atoms with Crippen molar-refractivity contribution in [3.63, 3.8) is 0 Å². The van der Waals surface area contributed by atoms with Crippen LogP contribution < -0.4 is 5.73 Å². The van der Waals surface area contributed by atoms with Crippen LogP contribution in [0.5, 0.6) is 0 Å². The van der Waals surface area contributed by atoms with Crippen molar-refractivity contribution < 1.29 is 0 Å². The number of hydrogen-bond acceptors (Lipinski definition) is 3. The fourth-order valence-electron chi connectivity index (χ4n) is 2.48. The second-order valence-corrected chi connectivity index (χ2v) is 4.76. The Kier molecular flexibility index (Phi) is 2.75. The molecule has 0 aliphatic carbocycles. The molecule has 2 heterocycles. The third kappa shape index (κ3) is 1.84. The summed E-state index contributed by atoms with van der Waals surface area (Å²) in [5.41, 5.74) is 10.8. The number of aromatic nitrogens is 3. The van der Waals surface area contributed by atoms with Crippen molar-refractivity contribution in [1.29, 1.82) is 5.41 Å². The molecular weight excluding hydrogens is 250 g/mol. The summed E-state index contributed by atoms with van der Waals surface area (Å²) < 4.78 is 1.95. The van der Waals surface area contributed by atoms with Gasteiger partial charge < -0.3 is 5.73 Å². The lowest BCUT2D eigenvalue weighted by Crippen LogP contribution is -2.17. The maximum atomic E-state index is 7.80. The van der Waals surface area contributed by atoms with E-state index in [0.29, 0.717) is 5.56 Å². The van der Waals surface area contributed by atoms with Gasteiger partial charge in [0, 0.05) is 5.69 Å². The van der Waals surface area contributed by atoms with Gasteiger partial charge in [0.1, 0.15) is 12.2 Å². The van der Waals surface area contributed by atoms with Crippen LogP contribution >= 0.6 is 0 Å². The molecule has 0 aliphatic heterocycles. The second kappa shape index (κ2) is 4.45. The predicted molar refractivity (Wildman–Crippen MR) is 79.4 cm³/mol. The summed E-state index contributed by atoms with van der Waals surface area (Å²) in [6.07, 6.45) is 1.76. The normalized spacial score (nSPS) is 10.9. The van der Waals surface area contributed by atoms with Crippen molar-refractivity contribution >= 4 is 16.9 Å². The SMILES string of the molecule is Cc1cc(-n2cnc3ccccc32)c(C(=N)N)c(C)n1. The Bertz CT molecular complexity index is 816. The number of pyridine rings is 1. The molecule has 0 amide bonds. The Hall–Kier alpha value is -2.69. The van der Waals surface area contributed by atoms with Crippen molar-refractivity contribution in [2.75, 3.05) is 0 Å². The Labute approximate surface area is 116 Å². The first-order chi connectivity index (χ1) is 9.58. The number of nitrogens with two attached hydrogens (primary N) is 1. The van der Waals surface area contributed by atoms with Gasteiger partial charge in [0.25, 0.3) is 0 Å². The first-order valence-corrected chi connectivity index (χ1v) is 6.33. The molecule has 0 radical (unpaired) electrons. The van der Waals surface area contributed by atoms with Gasteiger partial charge in [-0.3, -0.25) is 15.0 Å². The Morgan fingerprint density at radius 3 is 2.75 bits per heavy atom. The highest BCUT2D eigenvalue weighted by Crippen LogP contribution is 2.23. The van der Waals surface area contributed by atoms with Crippen molar-refractivity contribution in [3.8, 4) is 5.69 Å². The van der Waals surface area contributed by atoms with Crippen LogP contribution in [0.15, 0.2) is 36.7 Å². The van der Waals surface area contributed by atoms with Gasteiger partial charge >= 0.3 is 0 Å². The minimum atomic E-state index is 0.0165. The molecule has 0 unspecified atom stereocenters. The smallest absolute Gasteiger partial charge is 0.126 e. The molecule has 20 heavy (non-hydrogen) atoms. The van der Waals surface area contributed by atoms with Gasteiger partial charge in [-0.25, -0.2) is 4.98 Å². The monoisotopic (exact) mass is 265 g/mol.